The molecule has 0 aromatic heterocycles. The third kappa shape index (κ3) is 34.3. The molecule has 0 saturated carbocycles. The summed E-state index contributed by atoms with van der Waals surface area (Å²) in [5.41, 5.74) is 10.7. The summed E-state index contributed by atoms with van der Waals surface area (Å²) in [6, 6.07) is 0. The molecule has 9 heteroatoms. The van der Waals surface area contributed by atoms with Crippen LogP contribution < -0.4 is 38.1 Å². The Morgan fingerprint density at radius 2 is 0.800 bits per heavy atom. The first-order valence-corrected chi connectivity index (χ1v) is 11.6. The van der Waals surface area contributed by atoms with Crippen LogP contribution in [0.1, 0.15) is 58.8 Å². The van der Waals surface area contributed by atoms with Crippen molar-refractivity contribution in [1.29, 1.82) is 0 Å². The van der Waals surface area contributed by atoms with Gasteiger partial charge in [0.25, 0.3) is 0 Å². The topological polar surface area (TPSA) is 146 Å². The normalized spacial score (nSPS) is 10.3. The predicted octanol–water partition coefficient (Wildman–Crippen LogP) is -0.338. The Morgan fingerprint density at radius 3 is 1.17 bits per heavy atom. The molecule has 0 aromatic rings. The highest BCUT2D eigenvalue weighted by atomic mass is 16.1. The van der Waals surface area contributed by atoms with Crippen LogP contribution in [0.3, 0.4) is 0 Å². The molecule has 9 N–H and O–H groups in total. The molecule has 0 aliphatic carbocycles. The second-order valence-electron chi connectivity index (χ2n) is 7.27. The van der Waals surface area contributed by atoms with Gasteiger partial charge in [-0.1, -0.05) is 0 Å². The molecule has 0 fully saturated rings. The molecular weight excluding hydrogens is 382 g/mol. The van der Waals surface area contributed by atoms with E-state index in [1.54, 1.807) is 13.8 Å². The Balaban J connectivity index is 0. The third-order valence-electron chi connectivity index (χ3n) is 4.13. The molecular formula is C21H49N7O2. The van der Waals surface area contributed by atoms with Gasteiger partial charge in [-0.25, -0.2) is 0 Å². The number of unbranched alkanes of at least 4 members (excludes halogenated alkanes) is 2. The van der Waals surface area contributed by atoms with Gasteiger partial charge in [0.15, 0.2) is 0 Å². The molecule has 9 nitrogen and oxygen atoms in total. The molecule has 30 heavy (non-hydrogen) atoms. The van der Waals surface area contributed by atoms with E-state index >= 15 is 0 Å². The van der Waals surface area contributed by atoms with Crippen LogP contribution in [0, 0.1) is 0 Å². The second kappa shape index (κ2) is 27.7. The molecule has 0 unspecified atom stereocenters. The number of hydrogen-bond donors (Lipinski definition) is 7. The predicted molar refractivity (Wildman–Crippen MR) is 126 cm³/mol. The van der Waals surface area contributed by atoms with Gasteiger partial charge in [0.2, 0.25) is 11.8 Å². The molecule has 0 saturated heterocycles. The van der Waals surface area contributed by atoms with Crippen LogP contribution in [0.4, 0.5) is 0 Å². The van der Waals surface area contributed by atoms with Gasteiger partial charge in [-0.3, -0.25) is 9.59 Å². The van der Waals surface area contributed by atoms with E-state index in [9.17, 15) is 9.59 Å². The third-order valence-corrected chi connectivity index (χ3v) is 4.13. The van der Waals surface area contributed by atoms with E-state index in [4.69, 9.17) is 11.5 Å². The first kappa shape index (κ1) is 30.9. The van der Waals surface area contributed by atoms with E-state index in [1.165, 1.54) is 12.8 Å². The highest BCUT2D eigenvalue weighted by molar-refractivity contribution is 5.72. The molecule has 0 radical (unpaired) electrons. The minimum atomic E-state index is 0.0496. The summed E-state index contributed by atoms with van der Waals surface area (Å²) < 4.78 is 0. The highest BCUT2D eigenvalue weighted by Crippen LogP contribution is 1.86. The molecule has 0 rings (SSSR count). The summed E-state index contributed by atoms with van der Waals surface area (Å²) in [5.74, 6) is 0.102. The standard InChI is InChI=1S/C12H28N4O.C9H21N3O/c1-12(17)16-11-5-10-15-8-3-2-7-14-9-4-6-13;1-9(13)12-8-3-2-6-11-7-4-5-10/h14-15H,2-11,13H2,1H3,(H,16,17);11H,2-8,10H2,1H3,(H,12,13). The van der Waals surface area contributed by atoms with Gasteiger partial charge in [-0.15, -0.1) is 0 Å². The van der Waals surface area contributed by atoms with E-state index in [0.717, 1.165) is 97.6 Å². The van der Waals surface area contributed by atoms with Gasteiger partial charge < -0.3 is 38.1 Å². The largest absolute Gasteiger partial charge is 0.356 e. The average Bonchev–Trinajstić information content (AvgIpc) is 2.71. The molecule has 0 heterocycles. The zero-order valence-corrected chi connectivity index (χ0v) is 19.5. The van der Waals surface area contributed by atoms with E-state index < -0.39 is 0 Å². The van der Waals surface area contributed by atoms with Gasteiger partial charge in [0, 0.05) is 26.9 Å². The lowest BCUT2D eigenvalue weighted by molar-refractivity contribution is -0.119. The van der Waals surface area contributed by atoms with Gasteiger partial charge in [-0.2, -0.15) is 0 Å². The van der Waals surface area contributed by atoms with Crippen molar-refractivity contribution < 1.29 is 9.59 Å². The number of hydrogen-bond acceptors (Lipinski definition) is 7. The fourth-order valence-corrected chi connectivity index (χ4v) is 2.45. The zero-order valence-electron chi connectivity index (χ0n) is 19.5. The van der Waals surface area contributed by atoms with Crippen molar-refractivity contribution in [3.8, 4) is 0 Å². The Labute approximate surface area is 184 Å². The van der Waals surface area contributed by atoms with E-state index in [2.05, 4.69) is 26.6 Å². The van der Waals surface area contributed by atoms with Crippen molar-refractivity contribution in [3.63, 3.8) is 0 Å². The van der Waals surface area contributed by atoms with Gasteiger partial charge >= 0.3 is 0 Å². The number of carbonyl (C=O) groups is 2. The van der Waals surface area contributed by atoms with E-state index in [-0.39, 0.29) is 11.8 Å². The lowest BCUT2D eigenvalue weighted by Gasteiger charge is -2.06. The molecule has 180 valence electrons. The summed E-state index contributed by atoms with van der Waals surface area (Å²) in [4.78, 5) is 21.1. The maximum atomic E-state index is 10.6. The van der Waals surface area contributed by atoms with Gasteiger partial charge in [0.1, 0.15) is 0 Å². The van der Waals surface area contributed by atoms with Crippen molar-refractivity contribution in [2.24, 2.45) is 11.5 Å². The summed E-state index contributed by atoms with van der Waals surface area (Å²) in [7, 11) is 0. The molecule has 0 aliphatic rings. The van der Waals surface area contributed by atoms with Crippen LogP contribution in [-0.2, 0) is 9.59 Å². The fourth-order valence-electron chi connectivity index (χ4n) is 2.45. The molecule has 0 aliphatic heterocycles. The Kier molecular flexibility index (Phi) is 28.6. The second-order valence-corrected chi connectivity index (χ2v) is 7.27. The van der Waals surface area contributed by atoms with Crippen LogP contribution in [0.5, 0.6) is 0 Å². The average molecular weight is 432 g/mol. The summed E-state index contributed by atoms with van der Waals surface area (Å²) in [5, 5.41) is 15.5. The van der Waals surface area contributed by atoms with E-state index in [1.807, 2.05) is 0 Å². The minimum absolute atomic E-state index is 0.0496. The maximum absolute atomic E-state index is 10.6. The molecule has 0 bridgehead atoms. The van der Waals surface area contributed by atoms with Crippen molar-refractivity contribution in [2.45, 2.75) is 58.8 Å². The number of carbonyl (C=O) groups excluding carboxylic acids is 2. The Bertz CT molecular complexity index is 371. The van der Waals surface area contributed by atoms with Crippen LogP contribution >= 0.6 is 0 Å². The zero-order chi connectivity index (χ0) is 22.7. The summed E-state index contributed by atoms with van der Waals surface area (Å²) in [6.07, 6.45) is 7.61. The SMILES string of the molecule is CC(=O)NCCCCNCCCN.CC(=O)NCCCNCCCCNCCCN. The van der Waals surface area contributed by atoms with Crippen LogP contribution in [0.2, 0.25) is 0 Å². The monoisotopic (exact) mass is 431 g/mol. The molecule has 0 aromatic carbocycles. The minimum Gasteiger partial charge on any atom is -0.356 e. The molecule has 0 atom stereocenters. The van der Waals surface area contributed by atoms with Gasteiger partial charge in [0.05, 0.1) is 0 Å². The highest BCUT2D eigenvalue weighted by Gasteiger charge is 1.92. The Morgan fingerprint density at radius 1 is 0.500 bits per heavy atom. The number of nitrogens with one attached hydrogen (secondary N) is 5. The summed E-state index contributed by atoms with van der Waals surface area (Å²) in [6.45, 7) is 12.3. The lowest BCUT2D eigenvalue weighted by atomic mass is 10.3. The lowest BCUT2D eigenvalue weighted by Crippen LogP contribution is -2.26. The first-order chi connectivity index (χ1) is 14.5. The summed E-state index contributed by atoms with van der Waals surface area (Å²) >= 11 is 0. The maximum Gasteiger partial charge on any atom is 0.216 e. The van der Waals surface area contributed by atoms with Crippen LogP contribution in [0.15, 0.2) is 0 Å². The van der Waals surface area contributed by atoms with Crippen molar-refractivity contribution >= 4 is 11.8 Å². The molecule has 2 amide bonds. The number of amides is 2. The first-order valence-electron chi connectivity index (χ1n) is 11.6. The smallest absolute Gasteiger partial charge is 0.216 e. The van der Waals surface area contributed by atoms with Crippen LogP contribution in [0.25, 0.3) is 0 Å². The van der Waals surface area contributed by atoms with Gasteiger partial charge in [-0.05, 0) is 97.3 Å². The van der Waals surface area contributed by atoms with Crippen molar-refractivity contribution in [1.82, 2.24) is 26.6 Å². The number of rotatable bonds is 20. The van der Waals surface area contributed by atoms with Crippen LogP contribution in [-0.4, -0.2) is 77.3 Å². The van der Waals surface area contributed by atoms with E-state index in [0.29, 0.717) is 0 Å². The quantitative estimate of drug-likeness (QED) is 0.131. The van der Waals surface area contributed by atoms with Crippen molar-refractivity contribution in [3.05, 3.63) is 0 Å². The number of nitrogens with two attached hydrogens (primary N) is 2. The molecule has 0 spiro atoms. The Hall–Kier alpha value is -1.26. The fraction of sp³-hybridized carbons (Fsp3) is 0.905. The van der Waals surface area contributed by atoms with Crippen molar-refractivity contribution in [2.75, 3.05) is 65.4 Å².